The number of amides is 1. The van der Waals surface area contributed by atoms with E-state index < -0.39 is 11.9 Å². The molecule has 0 saturated carbocycles. The van der Waals surface area contributed by atoms with E-state index in [1.165, 1.54) is 54.6 Å². The number of aryl methyl sites for hydroxylation is 2. The molecule has 0 saturated heterocycles. The molecule has 1 N–H and O–H groups in total. The zero-order valence-corrected chi connectivity index (χ0v) is 23.9. The molecule has 11 heteroatoms. The van der Waals surface area contributed by atoms with Gasteiger partial charge in [-0.1, -0.05) is 41.6 Å². The van der Waals surface area contributed by atoms with Gasteiger partial charge in [-0.15, -0.1) is 21.5 Å². The highest BCUT2D eigenvalue weighted by molar-refractivity contribution is 7.99. The number of hydrogen-bond acceptors (Lipinski definition) is 9. The number of ether oxygens (including phenoxy) is 2. The van der Waals surface area contributed by atoms with Crippen molar-refractivity contribution in [3.63, 3.8) is 0 Å². The van der Waals surface area contributed by atoms with Crippen molar-refractivity contribution < 1.29 is 23.9 Å². The third-order valence-corrected chi connectivity index (χ3v) is 7.92. The van der Waals surface area contributed by atoms with Crippen LogP contribution < -0.4 is 5.32 Å². The maximum Gasteiger partial charge on any atom is 0.339 e. The monoisotopic (exact) mass is 564 g/mol. The number of thiophene rings is 1. The second-order valence-electron chi connectivity index (χ2n) is 8.58. The average Bonchev–Trinajstić information content (AvgIpc) is 3.53. The molecule has 0 aliphatic rings. The Hall–Kier alpha value is -3.96. The number of esters is 2. The first-order chi connectivity index (χ1) is 18.8. The number of nitrogens with zero attached hydrogens (tertiary/aromatic N) is 3. The number of hydrogen-bond donors (Lipinski definition) is 1. The van der Waals surface area contributed by atoms with Crippen molar-refractivity contribution in [1.82, 2.24) is 14.8 Å². The highest BCUT2D eigenvalue weighted by Crippen LogP contribution is 2.39. The molecule has 4 aromatic rings. The van der Waals surface area contributed by atoms with Gasteiger partial charge in [0, 0.05) is 27.9 Å². The predicted molar refractivity (Wildman–Crippen MR) is 152 cm³/mol. The van der Waals surface area contributed by atoms with Crippen LogP contribution >= 0.6 is 23.1 Å². The van der Waals surface area contributed by atoms with Gasteiger partial charge in [-0.05, 0) is 44.5 Å². The number of aromatic nitrogens is 3. The minimum Gasteiger partial charge on any atom is -0.465 e. The summed E-state index contributed by atoms with van der Waals surface area (Å²) in [4.78, 5) is 38.2. The Morgan fingerprint density at radius 3 is 2.38 bits per heavy atom. The summed E-state index contributed by atoms with van der Waals surface area (Å²) in [6, 6.07) is 12.6. The molecule has 2 aromatic carbocycles. The van der Waals surface area contributed by atoms with Gasteiger partial charge in [0.15, 0.2) is 11.0 Å². The maximum atomic E-state index is 12.9. The van der Waals surface area contributed by atoms with Crippen LogP contribution in [-0.4, -0.2) is 52.6 Å². The number of benzene rings is 2. The fourth-order valence-corrected chi connectivity index (χ4v) is 5.74. The van der Waals surface area contributed by atoms with Crippen LogP contribution in [0.3, 0.4) is 0 Å². The Morgan fingerprint density at radius 2 is 1.72 bits per heavy atom. The largest absolute Gasteiger partial charge is 0.465 e. The van der Waals surface area contributed by atoms with Gasteiger partial charge in [0.1, 0.15) is 0 Å². The molecule has 0 aliphatic carbocycles. The molecule has 9 nitrogen and oxygen atoms in total. The molecule has 39 heavy (non-hydrogen) atoms. The quantitative estimate of drug-likeness (QED) is 0.206. The van der Waals surface area contributed by atoms with E-state index in [2.05, 4.69) is 59.0 Å². The van der Waals surface area contributed by atoms with Crippen molar-refractivity contribution in [3.8, 4) is 22.5 Å². The lowest BCUT2D eigenvalue weighted by Gasteiger charge is -2.12. The number of carbonyl (C=O) groups excluding carboxylic acids is 3. The van der Waals surface area contributed by atoms with Crippen LogP contribution in [0.2, 0.25) is 0 Å². The number of thioether (sulfide) groups is 1. The highest BCUT2D eigenvalue weighted by atomic mass is 32.2. The summed E-state index contributed by atoms with van der Waals surface area (Å²) < 4.78 is 11.5. The molecule has 2 aromatic heterocycles. The summed E-state index contributed by atoms with van der Waals surface area (Å²) in [5.74, 6) is -0.867. The van der Waals surface area contributed by atoms with Crippen molar-refractivity contribution in [1.29, 1.82) is 0 Å². The van der Waals surface area contributed by atoms with Crippen molar-refractivity contribution in [2.75, 3.05) is 25.3 Å². The van der Waals surface area contributed by atoms with Gasteiger partial charge in [-0.2, -0.15) is 0 Å². The fourth-order valence-electron chi connectivity index (χ4n) is 4.07. The molecule has 0 bridgehead atoms. The SMILES string of the molecule is CCn1c(SCC(=O)Nc2cc(C(=O)OC)ccc2C(=O)OC)nnc1-c1csc(C)c1-c1ccc(C)cc1. The Labute approximate surface area is 234 Å². The van der Waals surface area contributed by atoms with Crippen LogP contribution in [0.1, 0.15) is 38.1 Å². The van der Waals surface area contributed by atoms with E-state index >= 15 is 0 Å². The van der Waals surface area contributed by atoms with Gasteiger partial charge >= 0.3 is 11.9 Å². The number of carbonyl (C=O) groups is 3. The summed E-state index contributed by atoms with van der Waals surface area (Å²) in [6.45, 7) is 6.77. The van der Waals surface area contributed by atoms with Crippen LogP contribution in [0.4, 0.5) is 5.69 Å². The van der Waals surface area contributed by atoms with E-state index in [1.807, 2.05) is 11.5 Å². The molecular weight excluding hydrogens is 536 g/mol. The number of nitrogens with one attached hydrogen (secondary N) is 1. The zero-order chi connectivity index (χ0) is 28.1. The van der Waals surface area contributed by atoms with Crippen molar-refractivity contribution in [3.05, 3.63) is 69.4 Å². The lowest BCUT2D eigenvalue weighted by atomic mass is 10.0. The van der Waals surface area contributed by atoms with Crippen LogP contribution in [0, 0.1) is 13.8 Å². The molecule has 4 rings (SSSR count). The average molecular weight is 565 g/mol. The molecule has 0 aliphatic heterocycles. The lowest BCUT2D eigenvalue weighted by molar-refractivity contribution is -0.113. The van der Waals surface area contributed by atoms with Crippen molar-refractivity contribution >= 4 is 46.6 Å². The third kappa shape index (κ3) is 6.04. The van der Waals surface area contributed by atoms with Crippen molar-refractivity contribution in [2.45, 2.75) is 32.5 Å². The molecule has 1 amide bonds. The van der Waals surface area contributed by atoms with Gasteiger partial charge in [0.25, 0.3) is 0 Å². The predicted octanol–water partition coefficient (Wildman–Crippen LogP) is 5.61. The Kier molecular flexibility index (Phi) is 8.82. The van der Waals surface area contributed by atoms with Gasteiger partial charge in [-0.3, -0.25) is 4.79 Å². The molecule has 0 spiro atoms. The smallest absolute Gasteiger partial charge is 0.339 e. The molecule has 0 radical (unpaired) electrons. The van der Waals surface area contributed by atoms with Crippen LogP contribution in [0.5, 0.6) is 0 Å². The standard InChI is InChI=1S/C28H28N4O5S2/c1-6-32-25(21-14-38-17(3)24(21)18-9-7-16(2)8-10-18)30-31-28(32)39-15-23(33)29-22-13-19(26(34)36-4)11-12-20(22)27(35)37-5/h7-14H,6,15H2,1-5H3,(H,29,33). The first-order valence-electron chi connectivity index (χ1n) is 12.1. The fraction of sp³-hybridized carbons (Fsp3) is 0.250. The molecule has 0 unspecified atom stereocenters. The number of methoxy groups -OCH3 is 2. The normalized spacial score (nSPS) is 10.8. The zero-order valence-electron chi connectivity index (χ0n) is 22.2. The molecular formula is C28H28N4O5S2. The summed E-state index contributed by atoms with van der Waals surface area (Å²) in [6.07, 6.45) is 0. The molecule has 0 fully saturated rings. The van der Waals surface area contributed by atoms with Crippen LogP contribution in [0.15, 0.2) is 53.0 Å². The van der Waals surface area contributed by atoms with E-state index in [1.54, 1.807) is 11.3 Å². The lowest BCUT2D eigenvalue weighted by Crippen LogP contribution is -2.18. The van der Waals surface area contributed by atoms with Gasteiger partial charge in [-0.25, -0.2) is 9.59 Å². The number of rotatable bonds is 9. The van der Waals surface area contributed by atoms with E-state index in [0.717, 1.165) is 22.5 Å². The van der Waals surface area contributed by atoms with Gasteiger partial charge in [0.2, 0.25) is 5.91 Å². The van der Waals surface area contributed by atoms with E-state index in [4.69, 9.17) is 9.47 Å². The van der Waals surface area contributed by atoms with E-state index in [0.29, 0.717) is 11.7 Å². The molecule has 2 heterocycles. The van der Waals surface area contributed by atoms with Crippen LogP contribution in [0.25, 0.3) is 22.5 Å². The second kappa shape index (κ2) is 12.3. The maximum absolute atomic E-state index is 12.9. The minimum absolute atomic E-state index is 0.00861. The highest BCUT2D eigenvalue weighted by Gasteiger charge is 2.22. The number of anilines is 1. The Balaban J connectivity index is 1.55. The van der Waals surface area contributed by atoms with Crippen LogP contribution in [-0.2, 0) is 20.8 Å². The minimum atomic E-state index is -0.639. The Bertz CT molecular complexity index is 1530. The molecule has 0 atom stereocenters. The Morgan fingerprint density at radius 1 is 1.00 bits per heavy atom. The second-order valence-corrected chi connectivity index (χ2v) is 10.6. The van der Waals surface area contributed by atoms with Crippen molar-refractivity contribution in [2.24, 2.45) is 0 Å². The van der Waals surface area contributed by atoms with Gasteiger partial charge < -0.3 is 19.4 Å². The topological polar surface area (TPSA) is 112 Å². The third-order valence-electron chi connectivity index (χ3n) is 6.04. The summed E-state index contributed by atoms with van der Waals surface area (Å²) in [5.41, 5.74) is 4.90. The van der Waals surface area contributed by atoms with Gasteiger partial charge in [0.05, 0.1) is 36.8 Å². The first kappa shape index (κ1) is 28.1. The summed E-state index contributed by atoms with van der Waals surface area (Å²) >= 11 is 2.89. The van der Waals surface area contributed by atoms with E-state index in [-0.39, 0.29) is 28.5 Å². The summed E-state index contributed by atoms with van der Waals surface area (Å²) in [7, 11) is 2.50. The molecule has 202 valence electrons. The summed E-state index contributed by atoms with van der Waals surface area (Å²) in [5, 5.41) is 14.2. The first-order valence-corrected chi connectivity index (χ1v) is 14.0. The van der Waals surface area contributed by atoms with E-state index in [9.17, 15) is 14.4 Å².